The molecule has 109 valence electrons. The SMILES string of the molecule is CCO.CCO.CCO.[C-]1=CC=CC1.[F][GeH][F].[Zr]. The molecule has 0 aromatic heterocycles. The first-order chi connectivity index (χ1) is 8.16. The molecule has 1 aliphatic carbocycles. The van der Waals surface area contributed by atoms with E-state index in [9.17, 15) is 7.00 Å². The van der Waals surface area contributed by atoms with Crippen LogP contribution in [-0.4, -0.2) is 51.5 Å². The Morgan fingerprint density at radius 2 is 1.33 bits per heavy atom. The summed E-state index contributed by atoms with van der Waals surface area (Å²) in [6.07, 6.45) is 10.0. The van der Waals surface area contributed by atoms with Crippen molar-refractivity contribution in [3.63, 3.8) is 0 Å². The summed E-state index contributed by atoms with van der Waals surface area (Å²) in [5.74, 6) is 0. The van der Waals surface area contributed by atoms with Gasteiger partial charge in [-0.15, -0.1) is 6.42 Å². The van der Waals surface area contributed by atoms with Gasteiger partial charge in [-0.1, -0.05) is 0 Å². The Kier molecular flexibility index (Phi) is 91.0. The summed E-state index contributed by atoms with van der Waals surface area (Å²) < 4.78 is 19.6. The van der Waals surface area contributed by atoms with Crippen molar-refractivity contribution in [1.29, 1.82) is 0 Å². The molecule has 0 saturated carbocycles. The van der Waals surface area contributed by atoms with Crippen LogP contribution in [0.5, 0.6) is 0 Å². The van der Waals surface area contributed by atoms with E-state index in [-0.39, 0.29) is 46.0 Å². The van der Waals surface area contributed by atoms with Gasteiger partial charge in [0.05, 0.1) is 0 Å². The fourth-order valence-corrected chi connectivity index (χ4v) is 0.340. The van der Waals surface area contributed by atoms with Gasteiger partial charge in [0.2, 0.25) is 0 Å². The number of aliphatic hydroxyl groups excluding tert-OH is 3. The molecule has 1 aliphatic rings. The van der Waals surface area contributed by atoms with E-state index in [1.807, 2.05) is 12.2 Å². The molecule has 0 unspecified atom stereocenters. The zero-order valence-electron chi connectivity index (χ0n) is 11.2. The standard InChI is InChI=1S/C5H5.3C2H6O.F2GeH.Zr/c1-2-4-5-3-1;3*1-2-3;1-3-2;/h1-3H,4H2;3*3H,2H2,1H3;3H;/q-1;;;;;. The average molecular weight is 406 g/mol. The van der Waals surface area contributed by atoms with Crippen LogP contribution in [0.25, 0.3) is 0 Å². The third-order valence-corrected chi connectivity index (χ3v) is 0.586. The van der Waals surface area contributed by atoms with Crippen LogP contribution >= 0.6 is 0 Å². The molecule has 0 amide bonds. The van der Waals surface area contributed by atoms with E-state index in [2.05, 4.69) is 12.2 Å². The average Bonchev–Trinajstić information content (AvgIpc) is 2.79. The van der Waals surface area contributed by atoms with Gasteiger partial charge in [0.15, 0.2) is 0 Å². The summed E-state index contributed by atoms with van der Waals surface area (Å²) in [5.41, 5.74) is 0. The van der Waals surface area contributed by atoms with Gasteiger partial charge in [-0.3, -0.25) is 6.08 Å². The van der Waals surface area contributed by atoms with Gasteiger partial charge < -0.3 is 15.3 Å². The molecule has 0 saturated heterocycles. The molecule has 0 aromatic rings. The fourth-order valence-electron chi connectivity index (χ4n) is 0.340. The molecule has 0 fully saturated rings. The molecule has 0 bridgehead atoms. The van der Waals surface area contributed by atoms with Crippen LogP contribution in [0, 0.1) is 6.08 Å². The Morgan fingerprint density at radius 1 is 1.06 bits per heavy atom. The molecule has 0 aliphatic heterocycles. The van der Waals surface area contributed by atoms with Crippen molar-refractivity contribution in [3.05, 3.63) is 24.3 Å². The van der Waals surface area contributed by atoms with Crippen molar-refractivity contribution >= 4 is 16.4 Å². The maximum absolute atomic E-state index is 9.78. The molecule has 0 spiro atoms. The third-order valence-electron chi connectivity index (χ3n) is 0.586. The minimum atomic E-state index is -2.69. The fraction of sp³-hybridized carbons (Fsp3) is 0.636. The Balaban J connectivity index is -0.0000000398. The molecule has 7 heteroatoms. The molecule has 3 N–H and O–H groups in total. The van der Waals surface area contributed by atoms with Crippen LogP contribution in [0.3, 0.4) is 0 Å². The second-order valence-electron chi connectivity index (χ2n) is 2.03. The minimum Gasteiger partial charge on any atom is 0 e. The van der Waals surface area contributed by atoms with Crippen molar-refractivity contribution in [2.24, 2.45) is 0 Å². The van der Waals surface area contributed by atoms with Crippen LogP contribution in [0.4, 0.5) is 7.00 Å². The predicted octanol–water partition coefficient (Wildman–Crippen LogP) is 1.49. The maximum atomic E-state index is 9.78. The minimum absolute atomic E-state index is 0. The van der Waals surface area contributed by atoms with Crippen molar-refractivity contribution in [2.45, 2.75) is 27.2 Å². The van der Waals surface area contributed by atoms with E-state index in [1.165, 1.54) is 0 Å². The largest absolute Gasteiger partial charge is 0 e. The molecule has 0 heterocycles. The maximum Gasteiger partial charge on any atom is 0 e. The van der Waals surface area contributed by atoms with Crippen LogP contribution < -0.4 is 0 Å². The van der Waals surface area contributed by atoms with Crippen molar-refractivity contribution in [1.82, 2.24) is 0 Å². The monoisotopic (exact) mass is 406 g/mol. The van der Waals surface area contributed by atoms with Crippen LogP contribution in [0.15, 0.2) is 18.2 Å². The second kappa shape index (κ2) is 52.5. The van der Waals surface area contributed by atoms with Crippen LogP contribution in [-0.2, 0) is 26.2 Å². The van der Waals surface area contributed by atoms with E-state index < -0.39 is 16.4 Å². The number of hydrogen-bond acceptors (Lipinski definition) is 3. The molecule has 18 heavy (non-hydrogen) atoms. The first-order valence-electron chi connectivity index (χ1n) is 5.22. The Hall–Kier alpha value is 0.646. The van der Waals surface area contributed by atoms with Crippen LogP contribution in [0.2, 0.25) is 0 Å². The van der Waals surface area contributed by atoms with Gasteiger partial charge >= 0.3 is 23.4 Å². The summed E-state index contributed by atoms with van der Waals surface area (Å²) in [4.78, 5) is 0. The van der Waals surface area contributed by atoms with Crippen molar-refractivity contribution in [3.8, 4) is 0 Å². The summed E-state index contributed by atoms with van der Waals surface area (Å²) in [6, 6.07) is 0. The summed E-state index contributed by atoms with van der Waals surface area (Å²) in [6.45, 7) is 5.79. The van der Waals surface area contributed by atoms with Crippen LogP contribution in [0.1, 0.15) is 27.2 Å². The van der Waals surface area contributed by atoms with Gasteiger partial charge in [0.25, 0.3) is 0 Å². The van der Waals surface area contributed by atoms with E-state index in [1.54, 1.807) is 20.8 Å². The van der Waals surface area contributed by atoms with Crippen molar-refractivity contribution in [2.75, 3.05) is 19.8 Å². The molecule has 0 aromatic carbocycles. The molecule has 3 nitrogen and oxygen atoms in total. The van der Waals surface area contributed by atoms with Gasteiger partial charge in [-0.25, -0.2) is 12.2 Å². The van der Waals surface area contributed by atoms with Gasteiger partial charge in [0, 0.05) is 46.0 Å². The zero-order chi connectivity index (χ0) is 14.4. The smallest absolute Gasteiger partial charge is 0 e. The van der Waals surface area contributed by atoms with E-state index in [0.29, 0.717) is 0 Å². The van der Waals surface area contributed by atoms with Gasteiger partial charge in [-0.2, -0.15) is 6.08 Å². The normalized spacial score (nSPS) is 8.89. The first kappa shape index (κ1) is 31.2. The summed E-state index contributed by atoms with van der Waals surface area (Å²) >= 11 is -2.69. The number of hydrogen-bond donors (Lipinski definition) is 3. The number of aliphatic hydroxyl groups is 3. The Bertz CT molecular complexity index is 121. The second-order valence-corrected chi connectivity index (χ2v) is 2.38. The molecule has 0 atom stereocenters. The van der Waals surface area contributed by atoms with Gasteiger partial charge in [-0.05, 0) is 20.8 Å². The number of rotatable bonds is 0. The quantitative estimate of drug-likeness (QED) is 0.422. The summed E-state index contributed by atoms with van der Waals surface area (Å²) in [7, 11) is 0. The van der Waals surface area contributed by atoms with Crippen molar-refractivity contribution < 1.29 is 48.5 Å². The number of allylic oxidation sites excluding steroid dienone is 4. The van der Waals surface area contributed by atoms with E-state index in [0.717, 1.165) is 6.42 Å². The Labute approximate surface area is 136 Å². The molecule has 1 radical (unpaired) electrons. The van der Waals surface area contributed by atoms with E-state index in [4.69, 9.17) is 15.3 Å². The Morgan fingerprint density at radius 3 is 1.39 bits per heavy atom. The molecular weight excluding hydrogens is 382 g/mol. The van der Waals surface area contributed by atoms with Gasteiger partial charge in [0.1, 0.15) is 0 Å². The molecular formula is C11H24F2GeO3Zr-. The third kappa shape index (κ3) is 128. The molecule has 1 rings (SSSR count). The zero-order valence-corrected chi connectivity index (χ0v) is 16.1. The summed E-state index contributed by atoms with van der Waals surface area (Å²) in [5, 5.41) is 22.7. The van der Waals surface area contributed by atoms with E-state index >= 15 is 0 Å². The topological polar surface area (TPSA) is 60.7 Å². The number of halogens is 2. The first-order valence-corrected chi connectivity index (χ1v) is 7.05. The predicted molar refractivity (Wildman–Crippen MR) is 69.2 cm³/mol.